The molecule has 0 bridgehead atoms. The summed E-state index contributed by atoms with van der Waals surface area (Å²) in [6, 6.07) is 7.98. The Bertz CT molecular complexity index is 438. The Labute approximate surface area is 120 Å². The molecular formula is C17H24O3. The summed E-state index contributed by atoms with van der Waals surface area (Å²) in [5.74, 6) is -1.33. The summed E-state index contributed by atoms with van der Waals surface area (Å²) < 4.78 is 0. The fraction of sp³-hybridized carbons (Fsp3) is 0.588. The third kappa shape index (κ3) is 3.40. The van der Waals surface area contributed by atoms with Crippen molar-refractivity contribution in [1.29, 1.82) is 0 Å². The summed E-state index contributed by atoms with van der Waals surface area (Å²) in [6.07, 6.45) is 4.94. The monoisotopic (exact) mass is 276 g/mol. The molecule has 2 N–H and O–H groups in total. The summed E-state index contributed by atoms with van der Waals surface area (Å²) in [5.41, 5.74) is 2.12. The Morgan fingerprint density at radius 1 is 1.25 bits per heavy atom. The molecule has 1 saturated carbocycles. The van der Waals surface area contributed by atoms with E-state index in [4.69, 9.17) is 0 Å². The van der Waals surface area contributed by atoms with Gasteiger partial charge in [0.1, 0.15) is 0 Å². The molecule has 0 amide bonds. The van der Waals surface area contributed by atoms with E-state index in [1.54, 1.807) is 0 Å². The van der Waals surface area contributed by atoms with E-state index in [2.05, 4.69) is 6.92 Å². The van der Waals surface area contributed by atoms with Gasteiger partial charge >= 0.3 is 5.97 Å². The quantitative estimate of drug-likeness (QED) is 0.864. The molecule has 1 aliphatic carbocycles. The Kier molecular flexibility index (Phi) is 5.18. The number of aliphatic hydroxyl groups is 1. The number of rotatable bonds is 5. The molecule has 1 aliphatic rings. The number of carboxylic acids is 1. The van der Waals surface area contributed by atoms with E-state index >= 15 is 0 Å². The molecule has 0 aromatic heterocycles. The first kappa shape index (κ1) is 15.0. The highest BCUT2D eigenvalue weighted by Crippen LogP contribution is 2.38. The zero-order valence-electron chi connectivity index (χ0n) is 12.1. The predicted octanol–water partition coefficient (Wildman–Crippen LogP) is 3.56. The maximum absolute atomic E-state index is 11.3. The van der Waals surface area contributed by atoms with Crippen LogP contribution in [0.1, 0.15) is 56.3 Å². The lowest BCUT2D eigenvalue weighted by atomic mass is 9.74. The van der Waals surface area contributed by atoms with Gasteiger partial charge in [0.15, 0.2) is 0 Å². The Hall–Kier alpha value is -1.35. The summed E-state index contributed by atoms with van der Waals surface area (Å²) >= 11 is 0. The number of hydrogen-bond acceptors (Lipinski definition) is 2. The van der Waals surface area contributed by atoms with Crippen molar-refractivity contribution in [2.24, 2.45) is 11.8 Å². The van der Waals surface area contributed by atoms with Crippen molar-refractivity contribution < 1.29 is 15.0 Å². The van der Waals surface area contributed by atoms with Crippen molar-refractivity contribution in [1.82, 2.24) is 0 Å². The first-order chi connectivity index (χ1) is 9.63. The lowest BCUT2D eigenvalue weighted by Crippen LogP contribution is -2.31. The van der Waals surface area contributed by atoms with Crippen LogP contribution in [0, 0.1) is 11.8 Å². The first-order valence-electron chi connectivity index (χ1n) is 7.63. The van der Waals surface area contributed by atoms with Gasteiger partial charge in [-0.25, -0.2) is 0 Å². The van der Waals surface area contributed by atoms with Crippen LogP contribution in [0.25, 0.3) is 0 Å². The van der Waals surface area contributed by atoms with Gasteiger partial charge in [-0.05, 0) is 30.4 Å². The average Bonchev–Trinajstić information content (AvgIpc) is 2.47. The van der Waals surface area contributed by atoms with Crippen LogP contribution < -0.4 is 0 Å². The minimum absolute atomic E-state index is 0.154. The summed E-state index contributed by atoms with van der Waals surface area (Å²) in [6.45, 7) is 2.14. The van der Waals surface area contributed by atoms with Gasteiger partial charge in [-0.2, -0.15) is 0 Å². The number of aliphatic hydroxyl groups excluding tert-OH is 1. The van der Waals surface area contributed by atoms with Gasteiger partial charge in [-0.1, -0.05) is 50.5 Å². The van der Waals surface area contributed by atoms with Crippen molar-refractivity contribution in [3.63, 3.8) is 0 Å². The van der Waals surface area contributed by atoms with Gasteiger partial charge in [0.05, 0.1) is 12.0 Å². The number of aliphatic carboxylic acids is 1. The van der Waals surface area contributed by atoms with E-state index in [0.717, 1.165) is 37.7 Å². The van der Waals surface area contributed by atoms with Crippen LogP contribution in [-0.4, -0.2) is 16.2 Å². The molecule has 0 radical (unpaired) electrons. The maximum Gasteiger partial charge on any atom is 0.306 e. The predicted molar refractivity (Wildman–Crippen MR) is 78.5 cm³/mol. The highest BCUT2D eigenvalue weighted by Gasteiger charge is 2.35. The summed E-state index contributed by atoms with van der Waals surface area (Å²) in [5, 5.41) is 19.8. The number of benzene rings is 1. The molecule has 0 spiro atoms. The van der Waals surface area contributed by atoms with Crippen molar-refractivity contribution in [2.45, 2.75) is 51.6 Å². The highest BCUT2D eigenvalue weighted by atomic mass is 16.4. The van der Waals surface area contributed by atoms with Crippen molar-refractivity contribution in [2.75, 3.05) is 0 Å². The fourth-order valence-corrected chi connectivity index (χ4v) is 3.26. The third-order valence-electron chi connectivity index (χ3n) is 4.40. The molecule has 0 heterocycles. The van der Waals surface area contributed by atoms with Crippen LogP contribution in [0.5, 0.6) is 0 Å². The molecular weight excluding hydrogens is 252 g/mol. The van der Waals surface area contributed by atoms with Gasteiger partial charge in [0, 0.05) is 5.92 Å². The van der Waals surface area contributed by atoms with Crippen LogP contribution in [-0.2, 0) is 11.2 Å². The lowest BCUT2D eigenvalue weighted by molar-refractivity contribution is -0.147. The Morgan fingerprint density at radius 3 is 2.50 bits per heavy atom. The highest BCUT2D eigenvalue weighted by molar-refractivity contribution is 5.70. The minimum atomic E-state index is -0.767. The number of hydrogen-bond donors (Lipinski definition) is 2. The maximum atomic E-state index is 11.3. The number of aryl methyl sites for hydroxylation is 1. The van der Waals surface area contributed by atoms with Crippen molar-refractivity contribution in [3.8, 4) is 0 Å². The molecule has 1 aromatic carbocycles. The molecule has 1 fully saturated rings. The van der Waals surface area contributed by atoms with E-state index in [-0.39, 0.29) is 5.92 Å². The van der Waals surface area contributed by atoms with Crippen molar-refractivity contribution in [3.05, 3.63) is 35.4 Å². The van der Waals surface area contributed by atoms with Crippen LogP contribution >= 0.6 is 0 Å². The molecule has 0 aliphatic heterocycles. The van der Waals surface area contributed by atoms with Gasteiger partial charge in [-0.15, -0.1) is 0 Å². The van der Waals surface area contributed by atoms with Crippen LogP contribution in [0.2, 0.25) is 0 Å². The second-order valence-electron chi connectivity index (χ2n) is 5.83. The lowest BCUT2D eigenvalue weighted by Gasteiger charge is -2.32. The Morgan fingerprint density at radius 2 is 1.90 bits per heavy atom. The molecule has 3 heteroatoms. The fourth-order valence-electron chi connectivity index (χ4n) is 3.26. The van der Waals surface area contributed by atoms with Gasteiger partial charge in [0.2, 0.25) is 0 Å². The zero-order valence-corrected chi connectivity index (χ0v) is 12.1. The number of carbonyl (C=O) groups is 1. The molecule has 20 heavy (non-hydrogen) atoms. The van der Waals surface area contributed by atoms with Crippen LogP contribution in [0.4, 0.5) is 0 Å². The minimum Gasteiger partial charge on any atom is -0.481 e. The standard InChI is InChI=1S/C17H24O3/c1-2-5-12-8-10-13(11-9-12)16(18)14-6-3-4-7-15(14)17(19)20/h8-11,14-16,18H,2-7H2,1H3,(H,19,20). The van der Waals surface area contributed by atoms with E-state index in [1.165, 1.54) is 5.56 Å². The van der Waals surface area contributed by atoms with Crippen molar-refractivity contribution >= 4 is 5.97 Å². The summed E-state index contributed by atoms with van der Waals surface area (Å²) in [4.78, 5) is 11.3. The second-order valence-corrected chi connectivity index (χ2v) is 5.83. The normalized spacial score (nSPS) is 24.3. The molecule has 2 rings (SSSR count). The third-order valence-corrected chi connectivity index (χ3v) is 4.40. The largest absolute Gasteiger partial charge is 0.481 e. The van der Waals surface area contributed by atoms with Gasteiger partial charge in [-0.3, -0.25) is 4.79 Å². The number of carboxylic acid groups (broad SMARTS) is 1. The average molecular weight is 276 g/mol. The second kappa shape index (κ2) is 6.89. The van der Waals surface area contributed by atoms with E-state index in [0.29, 0.717) is 6.42 Å². The molecule has 3 nitrogen and oxygen atoms in total. The molecule has 0 saturated heterocycles. The topological polar surface area (TPSA) is 57.5 Å². The van der Waals surface area contributed by atoms with Crippen LogP contribution in [0.15, 0.2) is 24.3 Å². The smallest absolute Gasteiger partial charge is 0.306 e. The zero-order chi connectivity index (χ0) is 14.5. The molecule has 3 unspecified atom stereocenters. The van der Waals surface area contributed by atoms with Crippen LogP contribution in [0.3, 0.4) is 0 Å². The molecule has 1 aromatic rings. The SMILES string of the molecule is CCCc1ccc(C(O)C2CCCCC2C(=O)O)cc1. The summed E-state index contributed by atoms with van der Waals surface area (Å²) in [7, 11) is 0. The van der Waals surface area contributed by atoms with E-state index in [1.807, 2.05) is 24.3 Å². The van der Waals surface area contributed by atoms with Gasteiger partial charge < -0.3 is 10.2 Å². The molecule has 110 valence electrons. The van der Waals surface area contributed by atoms with E-state index in [9.17, 15) is 15.0 Å². The Balaban J connectivity index is 2.12. The first-order valence-corrected chi connectivity index (χ1v) is 7.63. The van der Waals surface area contributed by atoms with E-state index < -0.39 is 18.0 Å². The van der Waals surface area contributed by atoms with Gasteiger partial charge in [0.25, 0.3) is 0 Å². The molecule has 3 atom stereocenters.